The average molecular weight is 319 g/mol. The van der Waals surface area contributed by atoms with Gasteiger partial charge in [0, 0.05) is 18.3 Å². The van der Waals surface area contributed by atoms with E-state index in [1.807, 2.05) is 36.1 Å². The topological polar surface area (TPSA) is 85.5 Å². The van der Waals surface area contributed by atoms with Crippen molar-refractivity contribution in [3.8, 4) is 5.75 Å². The molecule has 22 heavy (non-hydrogen) atoms. The zero-order valence-electron chi connectivity index (χ0n) is 12.1. The van der Waals surface area contributed by atoms with Gasteiger partial charge in [-0.25, -0.2) is 18.5 Å². The van der Waals surface area contributed by atoms with Crippen molar-refractivity contribution in [3.63, 3.8) is 0 Å². The standard InChI is InChI=1S/C15H17N3O3S/c1-11-9-18(10-12-5-2-3-6-13(12)21-11)15-14(22(16,19)20)7-4-8-17-15/h2-8,11H,9-10H2,1H3,(H2,16,19,20). The highest BCUT2D eigenvalue weighted by Crippen LogP contribution is 2.29. The highest BCUT2D eigenvalue weighted by molar-refractivity contribution is 7.89. The van der Waals surface area contributed by atoms with E-state index >= 15 is 0 Å². The van der Waals surface area contributed by atoms with Gasteiger partial charge in [0.05, 0.1) is 6.54 Å². The predicted octanol–water partition coefficient (Wildman–Crippen LogP) is 1.52. The molecule has 1 aliphatic heterocycles. The number of nitrogens with zero attached hydrogens (tertiary/aromatic N) is 2. The Balaban J connectivity index is 2.06. The summed E-state index contributed by atoms with van der Waals surface area (Å²) < 4.78 is 29.5. The van der Waals surface area contributed by atoms with Gasteiger partial charge in [0.15, 0.2) is 0 Å². The molecule has 0 spiro atoms. The minimum atomic E-state index is -3.83. The molecule has 0 aliphatic carbocycles. The lowest BCUT2D eigenvalue weighted by Crippen LogP contribution is -2.33. The van der Waals surface area contributed by atoms with Crippen molar-refractivity contribution >= 4 is 15.8 Å². The molecule has 7 heteroatoms. The van der Waals surface area contributed by atoms with Crippen molar-refractivity contribution in [2.24, 2.45) is 5.14 Å². The molecular formula is C15H17N3O3S. The predicted molar refractivity (Wildman–Crippen MR) is 83.2 cm³/mol. The minimum Gasteiger partial charge on any atom is -0.489 e. The summed E-state index contributed by atoms with van der Waals surface area (Å²) in [7, 11) is -3.83. The van der Waals surface area contributed by atoms with E-state index in [9.17, 15) is 8.42 Å². The molecule has 6 nitrogen and oxygen atoms in total. The molecule has 1 unspecified atom stereocenters. The largest absolute Gasteiger partial charge is 0.489 e. The summed E-state index contributed by atoms with van der Waals surface area (Å²) in [5.41, 5.74) is 0.984. The van der Waals surface area contributed by atoms with Crippen LogP contribution in [0.2, 0.25) is 0 Å². The number of aromatic nitrogens is 1. The molecule has 0 saturated heterocycles. The quantitative estimate of drug-likeness (QED) is 0.907. The van der Waals surface area contributed by atoms with E-state index in [1.54, 1.807) is 12.3 Å². The fraction of sp³-hybridized carbons (Fsp3) is 0.267. The molecule has 0 radical (unpaired) electrons. The summed E-state index contributed by atoms with van der Waals surface area (Å²) in [4.78, 5) is 6.14. The Kier molecular flexibility index (Phi) is 3.76. The summed E-state index contributed by atoms with van der Waals surface area (Å²) in [5.74, 6) is 1.17. The van der Waals surface area contributed by atoms with Crippen LogP contribution in [0.3, 0.4) is 0 Å². The Morgan fingerprint density at radius 3 is 2.82 bits per heavy atom. The monoisotopic (exact) mass is 319 g/mol. The third kappa shape index (κ3) is 2.90. The van der Waals surface area contributed by atoms with Gasteiger partial charge in [-0.15, -0.1) is 0 Å². The van der Waals surface area contributed by atoms with Crippen LogP contribution in [-0.2, 0) is 16.6 Å². The Bertz CT molecular complexity index is 792. The van der Waals surface area contributed by atoms with E-state index in [1.165, 1.54) is 6.07 Å². The molecule has 0 fully saturated rings. The van der Waals surface area contributed by atoms with Crippen LogP contribution in [0.5, 0.6) is 5.75 Å². The molecule has 116 valence electrons. The average Bonchev–Trinajstić information content (AvgIpc) is 2.64. The van der Waals surface area contributed by atoms with Crippen molar-refractivity contribution in [1.29, 1.82) is 0 Å². The Hall–Kier alpha value is -2.12. The van der Waals surface area contributed by atoms with Crippen LogP contribution in [0.1, 0.15) is 12.5 Å². The summed E-state index contributed by atoms with van der Waals surface area (Å²) in [6, 6.07) is 10.7. The zero-order valence-corrected chi connectivity index (χ0v) is 13.0. The first-order valence-electron chi connectivity index (χ1n) is 6.92. The summed E-state index contributed by atoms with van der Waals surface area (Å²) in [6.07, 6.45) is 1.46. The van der Waals surface area contributed by atoms with Gasteiger partial charge in [-0.3, -0.25) is 0 Å². The van der Waals surface area contributed by atoms with E-state index in [0.29, 0.717) is 18.9 Å². The first-order valence-corrected chi connectivity index (χ1v) is 8.47. The number of anilines is 1. The van der Waals surface area contributed by atoms with Crippen molar-refractivity contribution in [3.05, 3.63) is 48.2 Å². The van der Waals surface area contributed by atoms with Crippen LogP contribution in [0, 0.1) is 0 Å². The van der Waals surface area contributed by atoms with Crippen LogP contribution in [0.4, 0.5) is 5.82 Å². The molecule has 1 aliphatic rings. The van der Waals surface area contributed by atoms with Crippen LogP contribution < -0.4 is 14.8 Å². The third-order valence-electron chi connectivity index (χ3n) is 3.50. The van der Waals surface area contributed by atoms with Crippen molar-refractivity contribution in [1.82, 2.24) is 4.98 Å². The molecule has 1 aromatic carbocycles. The van der Waals surface area contributed by atoms with E-state index < -0.39 is 10.0 Å². The second kappa shape index (κ2) is 5.58. The zero-order chi connectivity index (χ0) is 15.7. The molecule has 0 amide bonds. The van der Waals surface area contributed by atoms with Crippen LogP contribution in [-0.4, -0.2) is 26.1 Å². The van der Waals surface area contributed by atoms with Gasteiger partial charge in [-0.1, -0.05) is 18.2 Å². The second-order valence-corrected chi connectivity index (χ2v) is 6.82. The lowest BCUT2D eigenvalue weighted by molar-refractivity contribution is 0.232. The fourth-order valence-corrected chi connectivity index (χ4v) is 3.29. The number of fused-ring (bicyclic) bond motifs is 1. The summed E-state index contributed by atoms with van der Waals surface area (Å²) >= 11 is 0. The summed E-state index contributed by atoms with van der Waals surface area (Å²) in [5, 5.41) is 5.31. The molecule has 0 saturated carbocycles. The lowest BCUT2D eigenvalue weighted by Gasteiger charge is -2.24. The number of hydrogen-bond donors (Lipinski definition) is 1. The Morgan fingerprint density at radius 2 is 2.05 bits per heavy atom. The SMILES string of the molecule is CC1CN(c2ncccc2S(N)(=O)=O)Cc2ccccc2O1. The molecule has 2 aromatic rings. The molecule has 1 aromatic heterocycles. The maximum Gasteiger partial charge on any atom is 0.241 e. The fourth-order valence-electron chi connectivity index (χ4n) is 2.59. The molecule has 1 atom stereocenters. The van der Waals surface area contributed by atoms with Gasteiger partial charge in [-0.2, -0.15) is 0 Å². The first kappa shape index (κ1) is 14.8. The summed E-state index contributed by atoms with van der Waals surface area (Å²) in [6.45, 7) is 2.98. The number of hydrogen-bond acceptors (Lipinski definition) is 5. The number of pyridine rings is 1. The first-order chi connectivity index (χ1) is 10.4. The normalized spacial score (nSPS) is 18.3. The third-order valence-corrected chi connectivity index (χ3v) is 4.43. The van der Waals surface area contributed by atoms with Gasteiger partial charge >= 0.3 is 0 Å². The van der Waals surface area contributed by atoms with E-state index in [0.717, 1.165) is 11.3 Å². The Morgan fingerprint density at radius 1 is 1.27 bits per heavy atom. The number of sulfonamides is 1. The maximum absolute atomic E-state index is 11.8. The van der Waals surface area contributed by atoms with Gasteiger partial charge in [0.25, 0.3) is 0 Å². The molecule has 2 N–H and O–H groups in total. The van der Waals surface area contributed by atoms with E-state index in [-0.39, 0.29) is 11.0 Å². The number of para-hydroxylation sites is 1. The molecule has 2 heterocycles. The number of benzene rings is 1. The molecule has 0 bridgehead atoms. The van der Waals surface area contributed by atoms with Crippen molar-refractivity contribution < 1.29 is 13.2 Å². The van der Waals surface area contributed by atoms with Crippen LogP contribution in [0.25, 0.3) is 0 Å². The minimum absolute atomic E-state index is 0.0292. The Labute approximate surface area is 129 Å². The highest BCUT2D eigenvalue weighted by atomic mass is 32.2. The van der Waals surface area contributed by atoms with E-state index in [4.69, 9.17) is 9.88 Å². The van der Waals surface area contributed by atoms with Gasteiger partial charge in [0.2, 0.25) is 10.0 Å². The van der Waals surface area contributed by atoms with Gasteiger partial charge in [-0.05, 0) is 25.1 Å². The number of primary sulfonamides is 1. The highest BCUT2D eigenvalue weighted by Gasteiger charge is 2.25. The van der Waals surface area contributed by atoms with Gasteiger partial charge in [0.1, 0.15) is 22.6 Å². The lowest BCUT2D eigenvalue weighted by atomic mass is 10.2. The second-order valence-electron chi connectivity index (χ2n) is 5.29. The smallest absolute Gasteiger partial charge is 0.241 e. The van der Waals surface area contributed by atoms with Gasteiger partial charge < -0.3 is 9.64 Å². The van der Waals surface area contributed by atoms with Crippen LogP contribution >= 0.6 is 0 Å². The number of rotatable bonds is 2. The van der Waals surface area contributed by atoms with Crippen LogP contribution in [0.15, 0.2) is 47.5 Å². The maximum atomic E-state index is 11.8. The van der Waals surface area contributed by atoms with Crippen molar-refractivity contribution in [2.45, 2.75) is 24.5 Å². The molecular weight excluding hydrogens is 302 g/mol. The number of nitrogens with two attached hydrogens (primary N) is 1. The van der Waals surface area contributed by atoms with Crippen molar-refractivity contribution in [2.75, 3.05) is 11.4 Å². The number of ether oxygens (including phenoxy) is 1. The molecule has 3 rings (SSSR count). The van der Waals surface area contributed by atoms with E-state index in [2.05, 4.69) is 4.98 Å².